The molecule has 0 aromatic heterocycles. The Morgan fingerprint density at radius 3 is 2.60 bits per heavy atom. The average Bonchev–Trinajstić information content (AvgIpc) is 2.37. The molecule has 2 fully saturated rings. The first-order valence-electron chi connectivity index (χ1n) is 7.88. The zero-order valence-corrected chi connectivity index (χ0v) is 13.8. The Bertz CT molecular complexity index is 312. The van der Waals surface area contributed by atoms with E-state index in [0.717, 1.165) is 25.0 Å². The van der Waals surface area contributed by atoms with E-state index in [9.17, 15) is 4.79 Å². The topological polar surface area (TPSA) is 44.4 Å². The second-order valence-corrected chi connectivity index (χ2v) is 7.36. The minimum atomic E-state index is 0.0197. The third-order valence-electron chi connectivity index (χ3n) is 4.81. The standard InChI is InChI=1S/C15H29N3OS/c1-11(7-8-20-3)16-15(19)17-12-9-13-5-4-6-14(10-12)18(13)2/h11-14H,4-10H2,1-3H3,(H2,16,17,19)/t11-,12?,13-,14+/m0/s1. The van der Waals surface area contributed by atoms with Crippen molar-refractivity contribution in [2.45, 2.75) is 69.6 Å². The molecule has 4 atom stereocenters. The fourth-order valence-electron chi connectivity index (χ4n) is 3.55. The van der Waals surface area contributed by atoms with Gasteiger partial charge in [0.25, 0.3) is 0 Å². The molecule has 5 heteroatoms. The number of thioether (sulfide) groups is 1. The van der Waals surface area contributed by atoms with Crippen molar-refractivity contribution in [1.82, 2.24) is 15.5 Å². The molecular formula is C15H29N3OS. The van der Waals surface area contributed by atoms with Gasteiger partial charge in [-0.1, -0.05) is 6.42 Å². The maximum absolute atomic E-state index is 12.0. The van der Waals surface area contributed by atoms with E-state index in [1.165, 1.54) is 19.3 Å². The van der Waals surface area contributed by atoms with Gasteiger partial charge in [0.1, 0.15) is 0 Å². The summed E-state index contributed by atoms with van der Waals surface area (Å²) in [6.45, 7) is 2.08. The Labute approximate surface area is 127 Å². The van der Waals surface area contributed by atoms with Crippen LogP contribution in [0.4, 0.5) is 4.79 Å². The summed E-state index contributed by atoms with van der Waals surface area (Å²) in [5, 5.41) is 6.25. The van der Waals surface area contributed by atoms with Crippen molar-refractivity contribution < 1.29 is 4.79 Å². The molecule has 2 amide bonds. The summed E-state index contributed by atoms with van der Waals surface area (Å²) in [4.78, 5) is 14.6. The lowest BCUT2D eigenvalue weighted by Crippen LogP contribution is -2.56. The second-order valence-electron chi connectivity index (χ2n) is 6.37. The van der Waals surface area contributed by atoms with E-state index in [1.54, 1.807) is 0 Å². The van der Waals surface area contributed by atoms with Crippen molar-refractivity contribution in [2.24, 2.45) is 0 Å². The van der Waals surface area contributed by atoms with Gasteiger partial charge in [0.05, 0.1) is 0 Å². The van der Waals surface area contributed by atoms with Gasteiger partial charge in [0, 0.05) is 24.2 Å². The molecule has 2 saturated heterocycles. The number of rotatable bonds is 5. The number of nitrogens with one attached hydrogen (secondary N) is 2. The fraction of sp³-hybridized carbons (Fsp3) is 0.933. The fourth-order valence-corrected chi connectivity index (χ4v) is 4.14. The monoisotopic (exact) mass is 299 g/mol. The minimum absolute atomic E-state index is 0.0197. The van der Waals surface area contributed by atoms with E-state index < -0.39 is 0 Å². The summed E-state index contributed by atoms with van der Waals surface area (Å²) in [6.07, 6.45) is 9.29. The lowest BCUT2D eigenvalue weighted by molar-refractivity contribution is 0.0508. The first-order valence-corrected chi connectivity index (χ1v) is 9.27. The highest BCUT2D eigenvalue weighted by atomic mass is 32.2. The number of amides is 2. The Balaban J connectivity index is 1.74. The number of hydrogen-bond acceptors (Lipinski definition) is 3. The average molecular weight is 299 g/mol. The zero-order valence-electron chi connectivity index (χ0n) is 13.0. The Hall–Kier alpha value is -0.420. The Morgan fingerprint density at radius 2 is 2.00 bits per heavy atom. The highest BCUT2D eigenvalue weighted by Crippen LogP contribution is 2.32. The van der Waals surface area contributed by atoms with Crippen LogP contribution in [0.25, 0.3) is 0 Å². The van der Waals surface area contributed by atoms with Crippen LogP contribution in [-0.2, 0) is 0 Å². The molecule has 2 aliphatic heterocycles. The van der Waals surface area contributed by atoms with Gasteiger partial charge in [-0.05, 0) is 58.1 Å². The normalized spacial score (nSPS) is 31.6. The van der Waals surface area contributed by atoms with Crippen LogP contribution >= 0.6 is 11.8 Å². The highest BCUT2D eigenvalue weighted by molar-refractivity contribution is 7.98. The summed E-state index contributed by atoms with van der Waals surface area (Å²) in [5.41, 5.74) is 0. The van der Waals surface area contributed by atoms with E-state index in [2.05, 4.69) is 35.8 Å². The lowest BCUT2D eigenvalue weighted by atomic mass is 9.82. The van der Waals surface area contributed by atoms with Crippen LogP contribution in [0.5, 0.6) is 0 Å². The van der Waals surface area contributed by atoms with Crippen molar-refractivity contribution in [3.8, 4) is 0 Å². The van der Waals surface area contributed by atoms with Gasteiger partial charge in [-0.3, -0.25) is 0 Å². The van der Waals surface area contributed by atoms with Crippen LogP contribution in [0.3, 0.4) is 0 Å². The summed E-state index contributed by atoms with van der Waals surface area (Å²) in [7, 11) is 2.25. The SMILES string of the molecule is CSCC[C@H](C)NC(=O)NC1C[C@H]2CCC[C@@H](C1)N2C. The summed E-state index contributed by atoms with van der Waals surface area (Å²) < 4.78 is 0. The summed E-state index contributed by atoms with van der Waals surface area (Å²) >= 11 is 1.83. The summed E-state index contributed by atoms with van der Waals surface area (Å²) in [6, 6.07) is 1.97. The van der Waals surface area contributed by atoms with Crippen molar-refractivity contribution in [2.75, 3.05) is 19.1 Å². The van der Waals surface area contributed by atoms with Crippen molar-refractivity contribution in [1.29, 1.82) is 0 Å². The molecule has 0 spiro atoms. The third kappa shape index (κ3) is 4.29. The maximum Gasteiger partial charge on any atom is 0.315 e. The molecular weight excluding hydrogens is 270 g/mol. The Morgan fingerprint density at radius 1 is 1.35 bits per heavy atom. The molecule has 1 unspecified atom stereocenters. The third-order valence-corrected chi connectivity index (χ3v) is 5.45. The molecule has 2 N–H and O–H groups in total. The molecule has 2 rings (SSSR count). The molecule has 116 valence electrons. The predicted molar refractivity (Wildman–Crippen MR) is 86.3 cm³/mol. The van der Waals surface area contributed by atoms with Crippen LogP contribution in [0.2, 0.25) is 0 Å². The zero-order chi connectivity index (χ0) is 14.5. The van der Waals surface area contributed by atoms with E-state index in [0.29, 0.717) is 18.1 Å². The second kappa shape index (κ2) is 7.55. The van der Waals surface area contributed by atoms with E-state index in [1.807, 2.05) is 11.8 Å². The van der Waals surface area contributed by atoms with Crippen LogP contribution in [0.1, 0.15) is 45.4 Å². The molecule has 0 aliphatic carbocycles. The first kappa shape index (κ1) is 16.0. The molecule has 0 saturated carbocycles. The first-order chi connectivity index (χ1) is 9.60. The van der Waals surface area contributed by atoms with E-state index >= 15 is 0 Å². The molecule has 0 radical (unpaired) electrons. The summed E-state index contributed by atoms with van der Waals surface area (Å²) in [5.74, 6) is 1.10. The number of urea groups is 1. The van der Waals surface area contributed by atoms with Crippen molar-refractivity contribution >= 4 is 17.8 Å². The number of piperidine rings is 2. The van der Waals surface area contributed by atoms with Gasteiger partial charge in [0.2, 0.25) is 0 Å². The van der Waals surface area contributed by atoms with Crippen LogP contribution < -0.4 is 10.6 Å². The molecule has 2 bridgehead atoms. The maximum atomic E-state index is 12.0. The van der Waals surface area contributed by atoms with Gasteiger partial charge in [-0.2, -0.15) is 11.8 Å². The molecule has 0 aromatic rings. The van der Waals surface area contributed by atoms with Gasteiger partial charge < -0.3 is 15.5 Å². The predicted octanol–water partition coefficient (Wildman–Crippen LogP) is 2.44. The molecule has 0 aromatic carbocycles. The molecule has 2 aliphatic rings. The van der Waals surface area contributed by atoms with E-state index in [-0.39, 0.29) is 12.1 Å². The number of hydrogen-bond donors (Lipinski definition) is 2. The molecule has 20 heavy (non-hydrogen) atoms. The van der Waals surface area contributed by atoms with Crippen LogP contribution in [-0.4, -0.2) is 54.2 Å². The molecule has 2 heterocycles. The molecule has 4 nitrogen and oxygen atoms in total. The number of fused-ring (bicyclic) bond motifs is 2. The largest absolute Gasteiger partial charge is 0.336 e. The smallest absolute Gasteiger partial charge is 0.315 e. The Kier molecular flexibility index (Phi) is 6.02. The van der Waals surface area contributed by atoms with Gasteiger partial charge in [-0.25, -0.2) is 4.79 Å². The van der Waals surface area contributed by atoms with Gasteiger partial charge in [0.15, 0.2) is 0 Å². The van der Waals surface area contributed by atoms with Crippen LogP contribution in [0.15, 0.2) is 0 Å². The van der Waals surface area contributed by atoms with Crippen LogP contribution in [0, 0.1) is 0 Å². The van der Waals surface area contributed by atoms with Gasteiger partial charge >= 0.3 is 6.03 Å². The minimum Gasteiger partial charge on any atom is -0.336 e. The van der Waals surface area contributed by atoms with Crippen molar-refractivity contribution in [3.63, 3.8) is 0 Å². The highest BCUT2D eigenvalue weighted by Gasteiger charge is 2.36. The lowest BCUT2D eigenvalue weighted by Gasteiger charge is -2.47. The number of nitrogens with zero attached hydrogens (tertiary/aromatic N) is 1. The van der Waals surface area contributed by atoms with E-state index in [4.69, 9.17) is 0 Å². The van der Waals surface area contributed by atoms with Crippen molar-refractivity contribution in [3.05, 3.63) is 0 Å². The number of carbonyl (C=O) groups excluding carboxylic acids is 1. The number of carbonyl (C=O) groups is 1. The van der Waals surface area contributed by atoms with Gasteiger partial charge in [-0.15, -0.1) is 0 Å². The quantitative estimate of drug-likeness (QED) is 0.819.